The number of rotatable bonds is 3. The molecule has 0 aliphatic heterocycles. The molecular formula is C14H23Cl2N3O. The van der Waals surface area contributed by atoms with E-state index in [1.165, 1.54) is 6.42 Å². The second kappa shape index (κ2) is 8.45. The number of amides is 1. The summed E-state index contributed by atoms with van der Waals surface area (Å²) in [6, 6.07) is 3.92. The minimum Gasteiger partial charge on any atom is -0.350 e. The second-order valence-corrected chi connectivity index (χ2v) is 5.21. The van der Waals surface area contributed by atoms with Crippen LogP contribution in [0, 0.1) is 6.92 Å². The van der Waals surface area contributed by atoms with E-state index in [2.05, 4.69) is 10.3 Å². The maximum Gasteiger partial charge on any atom is 0.240 e. The van der Waals surface area contributed by atoms with Crippen LogP contribution in [0.15, 0.2) is 18.3 Å². The van der Waals surface area contributed by atoms with Crippen LogP contribution < -0.4 is 11.1 Å². The molecule has 1 amide bonds. The number of halogens is 2. The van der Waals surface area contributed by atoms with E-state index >= 15 is 0 Å². The lowest BCUT2D eigenvalue weighted by Crippen LogP contribution is -2.54. The standard InChI is InChI=1S/C14H21N3O.2ClH/c1-11-5-6-12(9-16-11)10-17-13(18)14(15)7-3-2-4-8-14;;/h5-6,9H,2-4,7-8,10,15H2,1H3,(H,17,18);2*1H. The molecule has 1 heterocycles. The summed E-state index contributed by atoms with van der Waals surface area (Å²) in [5, 5.41) is 2.92. The Hall–Kier alpha value is -0.840. The fourth-order valence-corrected chi connectivity index (χ4v) is 2.37. The topological polar surface area (TPSA) is 68.0 Å². The van der Waals surface area contributed by atoms with Gasteiger partial charge in [0.2, 0.25) is 5.91 Å². The monoisotopic (exact) mass is 319 g/mol. The van der Waals surface area contributed by atoms with Gasteiger partial charge < -0.3 is 11.1 Å². The Labute approximate surface area is 132 Å². The molecule has 1 aliphatic rings. The average molecular weight is 320 g/mol. The lowest BCUT2D eigenvalue weighted by molar-refractivity contribution is -0.127. The lowest BCUT2D eigenvalue weighted by Gasteiger charge is -2.31. The van der Waals surface area contributed by atoms with Gasteiger partial charge in [-0.25, -0.2) is 0 Å². The molecule has 0 saturated heterocycles. The predicted molar refractivity (Wildman–Crippen MR) is 85.3 cm³/mol. The van der Waals surface area contributed by atoms with E-state index in [0.29, 0.717) is 6.54 Å². The molecule has 1 aromatic heterocycles. The minimum atomic E-state index is -0.656. The van der Waals surface area contributed by atoms with Crippen molar-refractivity contribution in [1.29, 1.82) is 0 Å². The molecule has 114 valence electrons. The van der Waals surface area contributed by atoms with Crippen molar-refractivity contribution in [2.45, 2.75) is 51.1 Å². The Morgan fingerprint density at radius 2 is 1.95 bits per heavy atom. The number of pyridine rings is 1. The first-order valence-corrected chi connectivity index (χ1v) is 6.59. The van der Waals surface area contributed by atoms with Gasteiger partial charge in [-0.1, -0.05) is 25.3 Å². The summed E-state index contributed by atoms with van der Waals surface area (Å²) < 4.78 is 0. The molecule has 1 fully saturated rings. The second-order valence-electron chi connectivity index (χ2n) is 5.21. The van der Waals surface area contributed by atoms with Crippen LogP contribution in [0.1, 0.15) is 43.4 Å². The van der Waals surface area contributed by atoms with Crippen LogP contribution in [-0.4, -0.2) is 16.4 Å². The van der Waals surface area contributed by atoms with Crippen LogP contribution >= 0.6 is 24.8 Å². The lowest BCUT2D eigenvalue weighted by atomic mass is 9.82. The van der Waals surface area contributed by atoms with E-state index in [0.717, 1.165) is 36.9 Å². The fourth-order valence-electron chi connectivity index (χ4n) is 2.37. The molecule has 1 aliphatic carbocycles. The van der Waals surface area contributed by atoms with Crippen LogP contribution in [0.3, 0.4) is 0 Å². The zero-order chi connectivity index (χ0) is 13.0. The number of nitrogens with zero attached hydrogens (tertiary/aromatic N) is 1. The van der Waals surface area contributed by atoms with Crippen molar-refractivity contribution in [3.8, 4) is 0 Å². The van der Waals surface area contributed by atoms with Crippen LogP contribution in [0.2, 0.25) is 0 Å². The number of carbonyl (C=O) groups is 1. The van der Waals surface area contributed by atoms with Gasteiger partial charge in [-0.05, 0) is 31.4 Å². The van der Waals surface area contributed by atoms with Gasteiger partial charge in [-0.15, -0.1) is 24.8 Å². The Morgan fingerprint density at radius 1 is 1.30 bits per heavy atom. The van der Waals surface area contributed by atoms with Gasteiger partial charge in [0.25, 0.3) is 0 Å². The largest absolute Gasteiger partial charge is 0.350 e. The predicted octanol–water partition coefficient (Wildman–Crippen LogP) is 2.51. The highest BCUT2D eigenvalue weighted by Crippen LogP contribution is 2.25. The van der Waals surface area contributed by atoms with Crippen molar-refractivity contribution >= 4 is 30.7 Å². The number of carbonyl (C=O) groups excluding carboxylic acids is 1. The van der Waals surface area contributed by atoms with Gasteiger partial charge in [0.1, 0.15) is 0 Å². The van der Waals surface area contributed by atoms with E-state index in [4.69, 9.17) is 5.73 Å². The van der Waals surface area contributed by atoms with E-state index in [1.807, 2.05) is 19.1 Å². The molecule has 1 saturated carbocycles. The number of aromatic nitrogens is 1. The summed E-state index contributed by atoms with van der Waals surface area (Å²) in [6.45, 7) is 2.45. The Bertz CT molecular complexity index is 417. The summed E-state index contributed by atoms with van der Waals surface area (Å²) in [4.78, 5) is 16.3. The van der Waals surface area contributed by atoms with Crippen LogP contribution in [0.25, 0.3) is 0 Å². The van der Waals surface area contributed by atoms with E-state index in [-0.39, 0.29) is 30.7 Å². The number of hydrogen-bond acceptors (Lipinski definition) is 3. The minimum absolute atomic E-state index is 0. The van der Waals surface area contributed by atoms with Crippen molar-refractivity contribution in [2.24, 2.45) is 5.73 Å². The highest BCUT2D eigenvalue weighted by Gasteiger charge is 2.34. The maximum atomic E-state index is 12.1. The summed E-state index contributed by atoms with van der Waals surface area (Å²) in [5.74, 6) is -0.0252. The molecule has 0 radical (unpaired) electrons. The first-order chi connectivity index (χ1) is 8.60. The average Bonchev–Trinajstić information content (AvgIpc) is 2.38. The molecule has 0 atom stereocenters. The van der Waals surface area contributed by atoms with Crippen LogP contribution in [-0.2, 0) is 11.3 Å². The first-order valence-electron chi connectivity index (χ1n) is 6.59. The molecule has 1 aromatic rings. The van der Waals surface area contributed by atoms with Gasteiger partial charge in [0.15, 0.2) is 0 Å². The third kappa shape index (κ3) is 4.93. The number of nitrogens with one attached hydrogen (secondary N) is 1. The highest BCUT2D eigenvalue weighted by atomic mass is 35.5. The quantitative estimate of drug-likeness (QED) is 0.899. The van der Waals surface area contributed by atoms with Crippen molar-refractivity contribution in [3.63, 3.8) is 0 Å². The maximum absolute atomic E-state index is 12.1. The van der Waals surface area contributed by atoms with Gasteiger partial charge in [0.05, 0.1) is 5.54 Å². The smallest absolute Gasteiger partial charge is 0.240 e. The van der Waals surface area contributed by atoms with E-state index in [9.17, 15) is 4.79 Å². The number of nitrogens with two attached hydrogens (primary N) is 1. The molecule has 6 heteroatoms. The Balaban J connectivity index is 0.00000180. The zero-order valence-corrected chi connectivity index (χ0v) is 13.4. The van der Waals surface area contributed by atoms with Gasteiger partial charge in [-0.3, -0.25) is 9.78 Å². The molecule has 0 aromatic carbocycles. The molecular weight excluding hydrogens is 297 g/mol. The third-order valence-electron chi connectivity index (χ3n) is 3.62. The molecule has 0 bridgehead atoms. The molecule has 2 rings (SSSR count). The fraction of sp³-hybridized carbons (Fsp3) is 0.571. The van der Waals surface area contributed by atoms with Crippen molar-refractivity contribution in [1.82, 2.24) is 10.3 Å². The number of hydrogen-bond donors (Lipinski definition) is 2. The summed E-state index contributed by atoms with van der Waals surface area (Å²) in [7, 11) is 0. The summed E-state index contributed by atoms with van der Waals surface area (Å²) in [5.41, 5.74) is 7.49. The zero-order valence-electron chi connectivity index (χ0n) is 11.7. The normalized spacial score (nSPS) is 16.5. The van der Waals surface area contributed by atoms with Gasteiger partial charge in [-0.2, -0.15) is 0 Å². The molecule has 0 spiro atoms. The molecule has 3 N–H and O–H groups in total. The third-order valence-corrected chi connectivity index (χ3v) is 3.62. The van der Waals surface area contributed by atoms with Crippen molar-refractivity contribution < 1.29 is 4.79 Å². The highest BCUT2D eigenvalue weighted by molar-refractivity contribution is 5.86. The summed E-state index contributed by atoms with van der Waals surface area (Å²) >= 11 is 0. The van der Waals surface area contributed by atoms with Gasteiger partial charge >= 0.3 is 0 Å². The van der Waals surface area contributed by atoms with Crippen molar-refractivity contribution in [2.75, 3.05) is 0 Å². The summed E-state index contributed by atoms with van der Waals surface area (Å²) in [6.07, 6.45) is 6.68. The van der Waals surface area contributed by atoms with Crippen LogP contribution in [0.4, 0.5) is 0 Å². The SMILES string of the molecule is Cc1ccc(CNC(=O)C2(N)CCCCC2)cn1.Cl.Cl. The molecule has 20 heavy (non-hydrogen) atoms. The van der Waals surface area contributed by atoms with Gasteiger partial charge in [0, 0.05) is 18.4 Å². The Kier molecular flexibility index (Phi) is 8.09. The number of aryl methyl sites for hydroxylation is 1. The molecule has 4 nitrogen and oxygen atoms in total. The molecule has 0 unspecified atom stereocenters. The van der Waals surface area contributed by atoms with Crippen molar-refractivity contribution in [3.05, 3.63) is 29.6 Å². The first kappa shape index (κ1) is 19.2. The van der Waals surface area contributed by atoms with E-state index < -0.39 is 5.54 Å². The Morgan fingerprint density at radius 3 is 2.50 bits per heavy atom. The van der Waals surface area contributed by atoms with Crippen LogP contribution in [0.5, 0.6) is 0 Å². The van der Waals surface area contributed by atoms with E-state index in [1.54, 1.807) is 6.20 Å².